The van der Waals surface area contributed by atoms with Gasteiger partial charge < -0.3 is 15.0 Å². The number of nitrogens with one attached hydrogen (secondary N) is 1. The quantitative estimate of drug-likeness (QED) is 0.918. The number of likely N-dealkylation sites (N-methyl/N-ethyl adjacent to an activating group) is 1. The number of benzene rings is 1. The number of hydrogen-bond acceptors (Lipinski definition) is 3. The van der Waals surface area contributed by atoms with Crippen LogP contribution < -0.4 is 15.0 Å². The molecule has 21 heavy (non-hydrogen) atoms. The van der Waals surface area contributed by atoms with Gasteiger partial charge >= 0.3 is 0 Å². The largest absolute Gasteiger partial charge is 0.491 e. The lowest BCUT2D eigenvalue weighted by Gasteiger charge is -2.35. The first-order valence-corrected chi connectivity index (χ1v) is 8.52. The first kappa shape index (κ1) is 14.7. The SMILES string of the molecule is CNC(CN1CCCOc2ccccc21)C1CCCCC1. The van der Waals surface area contributed by atoms with Crippen molar-refractivity contribution in [2.75, 3.05) is 31.6 Å². The van der Waals surface area contributed by atoms with Gasteiger partial charge in [-0.15, -0.1) is 0 Å². The van der Waals surface area contributed by atoms with Crippen molar-refractivity contribution >= 4 is 5.69 Å². The number of hydrogen-bond donors (Lipinski definition) is 1. The van der Waals surface area contributed by atoms with E-state index in [2.05, 4.69) is 41.5 Å². The standard InChI is InChI=1S/C18H28N2O/c1-19-16(15-8-3-2-4-9-15)14-20-12-7-13-21-18-11-6-5-10-17(18)20/h5-6,10-11,15-16,19H,2-4,7-9,12-14H2,1H3. The van der Waals surface area contributed by atoms with Gasteiger partial charge in [0.2, 0.25) is 0 Å². The molecule has 1 aromatic rings. The Morgan fingerprint density at radius 2 is 2.00 bits per heavy atom. The van der Waals surface area contributed by atoms with Crippen molar-refractivity contribution in [1.29, 1.82) is 0 Å². The van der Waals surface area contributed by atoms with Gasteiger partial charge in [-0.1, -0.05) is 31.4 Å². The van der Waals surface area contributed by atoms with Crippen LogP contribution in [0.3, 0.4) is 0 Å². The Balaban J connectivity index is 1.73. The van der Waals surface area contributed by atoms with Crippen LogP contribution in [0.2, 0.25) is 0 Å². The minimum Gasteiger partial charge on any atom is -0.491 e. The van der Waals surface area contributed by atoms with Crippen LogP contribution in [0.4, 0.5) is 5.69 Å². The van der Waals surface area contributed by atoms with E-state index < -0.39 is 0 Å². The molecule has 0 saturated heterocycles. The summed E-state index contributed by atoms with van der Waals surface area (Å²) < 4.78 is 5.88. The Morgan fingerprint density at radius 3 is 2.81 bits per heavy atom. The Labute approximate surface area is 128 Å². The minimum atomic E-state index is 0.594. The second-order valence-corrected chi connectivity index (χ2v) is 6.41. The van der Waals surface area contributed by atoms with Crippen LogP contribution in [-0.4, -0.2) is 32.8 Å². The van der Waals surface area contributed by atoms with E-state index in [0.29, 0.717) is 6.04 Å². The van der Waals surface area contributed by atoms with E-state index in [0.717, 1.165) is 37.8 Å². The Hall–Kier alpha value is -1.22. The van der Waals surface area contributed by atoms with Crippen LogP contribution in [-0.2, 0) is 0 Å². The molecule has 3 rings (SSSR count). The zero-order valence-corrected chi connectivity index (χ0v) is 13.2. The maximum absolute atomic E-state index is 5.88. The molecule has 0 aromatic heterocycles. The zero-order chi connectivity index (χ0) is 14.5. The molecule has 0 radical (unpaired) electrons. The highest BCUT2D eigenvalue weighted by Crippen LogP contribution is 2.32. The topological polar surface area (TPSA) is 24.5 Å². The predicted octanol–water partition coefficient (Wildman–Crippen LogP) is 3.44. The van der Waals surface area contributed by atoms with Crippen molar-refractivity contribution in [3.05, 3.63) is 24.3 Å². The molecule has 3 heteroatoms. The second-order valence-electron chi connectivity index (χ2n) is 6.41. The van der Waals surface area contributed by atoms with Crippen molar-refractivity contribution < 1.29 is 4.74 Å². The molecular weight excluding hydrogens is 260 g/mol. The van der Waals surface area contributed by atoms with Gasteiger partial charge in [0.1, 0.15) is 5.75 Å². The molecule has 1 N–H and O–H groups in total. The van der Waals surface area contributed by atoms with E-state index in [4.69, 9.17) is 4.74 Å². The van der Waals surface area contributed by atoms with E-state index in [9.17, 15) is 0 Å². The molecule has 0 bridgehead atoms. The van der Waals surface area contributed by atoms with Gasteiger partial charge in [0, 0.05) is 19.1 Å². The Kier molecular flexibility index (Phi) is 5.02. The first-order valence-electron chi connectivity index (χ1n) is 8.52. The molecule has 1 fully saturated rings. The number of para-hydroxylation sites is 2. The number of anilines is 1. The van der Waals surface area contributed by atoms with Gasteiger partial charge in [0.15, 0.2) is 0 Å². The van der Waals surface area contributed by atoms with Crippen molar-refractivity contribution in [3.63, 3.8) is 0 Å². The summed E-state index contributed by atoms with van der Waals surface area (Å²) in [5.74, 6) is 1.88. The van der Waals surface area contributed by atoms with E-state index in [-0.39, 0.29) is 0 Å². The molecule has 1 aliphatic heterocycles. The minimum absolute atomic E-state index is 0.594. The molecule has 1 saturated carbocycles. The average Bonchev–Trinajstić information content (AvgIpc) is 2.76. The van der Waals surface area contributed by atoms with Crippen molar-refractivity contribution in [2.24, 2.45) is 5.92 Å². The third-order valence-electron chi connectivity index (χ3n) is 5.04. The fraction of sp³-hybridized carbons (Fsp3) is 0.667. The lowest BCUT2D eigenvalue weighted by Crippen LogP contribution is -2.45. The summed E-state index contributed by atoms with van der Waals surface area (Å²) in [4.78, 5) is 2.53. The highest BCUT2D eigenvalue weighted by atomic mass is 16.5. The monoisotopic (exact) mass is 288 g/mol. The van der Waals surface area contributed by atoms with E-state index in [1.54, 1.807) is 0 Å². The molecule has 1 aliphatic carbocycles. The highest BCUT2D eigenvalue weighted by molar-refractivity contribution is 5.59. The van der Waals surface area contributed by atoms with Crippen LogP contribution in [0.1, 0.15) is 38.5 Å². The van der Waals surface area contributed by atoms with Crippen molar-refractivity contribution in [3.8, 4) is 5.75 Å². The third kappa shape index (κ3) is 3.52. The van der Waals surface area contributed by atoms with Crippen LogP contribution in [0.15, 0.2) is 24.3 Å². The first-order chi connectivity index (χ1) is 10.4. The van der Waals surface area contributed by atoms with Gasteiger partial charge in [-0.25, -0.2) is 0 Å². The maximum Gasteiger partial charge on any atom is 0.142 e. The summed E-state index contributed by atoms with van der Waals surface area (Å²) in [6.45, 7) is 3.03. The fourth-order valence-electron chi connectivity index (χ4n) is 3.84. The molecular formula is C18H28N2O. The summed E-state index contributed by atoms with van der Waals surface area (Å²) in [6, 6.07) is 9.09. The molecule has 3 nitrogen and oxygen atoms in total. The molecule has 116 valence electrons. The average molecular weight is 288 g/mol. The van der Waals surface area contributed by atoms with Crippen LogP contribution in [0.25, 0.3) is 0 Å². The van der Waals surface area contributed by atoms with Crippen LogP contribution in [0, 0.1) is 5.92 Å². The normalized spacial score (nSPS) is 21.3. The van der Waals surface area contributed by atoms with Gasteiger partial charge in [0.05, 0.1) is 12.3 Å². The van der Waals surface area contributed by atoms with E-state index in [1.807, 2.05) is 0 Å². The van der Waals surface area contributed by atoms with Crippen LogP contribution >= 0.6 is 0 Å². The molecule has 1 heterocycles. The van der Waals surface area contributed by atoms with Gasteiger partial charge in [-0.3, -0.25) is 0 Å². The Morgan fingerprint density at radius 1 is 1.19 bits per heavy atom. The smallest absolute Gasteiger partial charge is 0.142 e. The summed E-state index contributed by atoms with van der Waals surface area (Å²) >= 11 is 0. The molecule has 1 aromatic carbocycles. The molecule has 0 spiro atoms. The Bertz CT molecular complexity index is 443. The van der Waals surface area contributed by atoms with Gasteiger partial charge in [0.25, 0.3) is 0 Å². The van der Waals surface area contributed by atoms with Crippen molar-refractivity contribution in [1.82, 2.24) is 5.32 Å². The lowest BCUT2D eigenvalue weighted by atomic mass is 9.83. The summed E-state index contributed by atoms with van der Waals surface area (Å²) in [6.07, 6.45) is 8.11. The van der Waals surface area contributed by atoms with E-state index >= 15 is 0 Å². The zero-order valence-electron chi connectivity index (χ0n) is 13.2. The summed E-state index contributed by atoms with van der Waals surface area (Å²) in [7, 11) is 2.12. The fourth-order valence-corrected chi connectivity index (χ4v) is 3.84. The van der Waals surface area contributed by atoms with Crippen LogP contribution in [0.5, 0.6) is 5.75 Å². The van der Waals surface area contributed by atoms with Crippen molar-refractivity contribution in [2.45, 2.75) is 44.6 Å². The molecule has 0 amide bonds. The molecule has 2 aliphatic rings. The second kappa shape index (κ2) is 7.17. The summed E-state index contributed by atoms with van der Waals surface area (Å²) in [5.41, 5.74) is 1.27. The van der Waals surface area contributed by atoms with Gasteiger partial charge in [-0.05, 0) is 44.4 Å². The molecule has 1 atom stereocenters. The highest BCUT2D eigenvalue weighted by Gasteiger charge is 2.26. The number of rotatable bonds is 4. The predicted molar refractivity (Wildman–Crippen MR) is 88.2 cm³/mol. The lowest BCUT2D eigenvalue weighted by molar-refractivity contribution is 0.278. The van der Waals surface area contributed by atoms with Gasteiger partial charge in [-0.2, -0.15) is 0 Å². The third-order valence-corrected chi connectivity index (χ3v) is 5.04. The molecule has 1 unspecified atom stereocenters. The number of nitrogens with zero attached hydrogens (tertiary/aromatic N) is 1. The summed E-state index contributed by atoms with van der Waals surface area (Å²) in [5, 5.41) is 3.59. The number of fused-ring (bicyclic) bond motifs is 1. The van der Waals surface area contributed by atoms with E-state index in [1.165, 1.54) is 37.8 Å². The number of ether oxygens (including phenoxy) is 1. The maximum atomic E-state index is 5.88.